The largest absolute Gasteiger partial charge is 0.370 e. The molecular formula is C17H22Cl2N4O. The number of aromatic nitrogens is 1. The summed E-state index contributed by atoms with van der Waals surface area (Å²) in [6, 6.07) is 5.30. The first-order chi connectivity index (χ1) is 11.5. The number of rotatable bonds is 6. The van der Waals surface area contributed by atoms with Crippen LogP contribution in [0.15, 0.2) is 27.7 Å². The van der Waals surface area contributed by atoms with Gasteiger partial charge in [0.1, 0.15) is 5.76 Å². The number of aryl methyl sites for hydroxylation is 2. The highest BCUT2D eigenvalue weighted by Gasteiger charge is 2.14. The second-order valence-corrected chi connectivity index (χ2v) is 6.32. The lowest BCUT2D eigenvalue weighted by Gasteiger charge is -2.16. The van der Waals surface area contributed by atoms with E-state index in [0.717, 1.165) is 35.4 Å². The van der Waals surface area contributed by atoms with Gasteiger partial charge in [-0.15, -0.1) is 0 Å². The van der Waals surface area contributed by atoms with Crippen LogP contribution < -0.4 is 11.1 Å². The van der Waals surface area contributed by atoms with Crippen LogP contribution in [0.25, 0.3) is 0 Å². The minimum Gasteiger partial charge on any atom is -0.370 e. The predicted octanol–water partition coefficient (Wildman–Crippen LogP) is 4.27. The van der Waals surface area contributed by atoms with Crippen molar-refractivity contribution in [3.05, 3.63) is 50.8 Å². The average Bonchev–Trinajstić information content (AvgIpc) is 2.94. The van der Waals surface area contributed by atoms with Gasteiger partial charge in [-0.05, 0) is 31.0 Å². The highest BCUT2D eigenvalue weighted by atomic mass is 35.5. The molecule has 5 nitrogen and oxygen atoms in total. The fourth-order valence-corrected chi connectivity index (χ4v) is 3.05. The normalized spacial score (nSPS) is 13.1. The first kappa shape index (κ1) is 18.6. The quantitative estimate of drug-likeness (QED) is 0.589. The third-order valence-electron chi connectivity index (χ3n) is 3.81. The summed E-state index contributed by atoms with van der Waals surface area (Å²) < 4.78 is 5.34. The van der Waals surface area contributed by atoms with Crippen LogP contribution >= 0.6 is 23.2 Å². The number of nitrogens with two attached hydrogens (primary N) is 1. The van der Waals surface area contributed by atoms with Gasteiger partial charge in [0.25, 0.3) is 0 Å². The molecule has 24 heavy (non-hydrogen) atoms. The molecule has 0 aliphatic heterocycles. The van der Waals surface area contributed by atoms with Crippen LogP contribution in [0.4, 0.5) is 0 Å². The van der Waals surface area contributed by atoms with E-state index in [0.29, 0.717) is 22.5 Å². The number of hydrogen-bond acceptors (Lipinski definition) is 3. The molecule has 0 aliphatic carbocycles. The standard InChI is InChI=1S/C17H22Cl2N4O/c1-4-15-13(16(5-2)24-23-15)9-21-17(20)22-10(3)12-7-6-11(18)8-14(12)19/h6-8,10H,4-5,9H2,1-3H3,(H3,20,21,22). The van der Waals surface area contributed by atoms with E-state index in [1.165, 1.54) is 0 Å². The van der Waals surface area contributed by atoms with Gasteiger partial charge in [0, 0.05) is 22.0 Å². The lowest BCUT2D eigenvalue weighted by molar-refractivity contribution is 0.380. The highest BCUT2D eigenvalue weighted by molar-refractivity contribution is 6.35. The minimum absolute atomic E-state index is 0.0858. The van der Waals surface area contributed by atoms with Crippen LogP contribution in [-0.2, 0) is 19.4 Å². The molecule has 0 saturated heterocycles. The van der Waals surface area contributed by atoms with Crippen molar-refractivity contribution in [3.63, 3.8) is 0 Å². The molecule has 1 aromatic carbocycles. The summed E-state index contributed by atoms with van der Waals surface area (Å²) in [6.07, 6.45) is 1.58. The van der Waals surface area contributed by atoms with E-state index in [9.17, 15) is 0 Å². The number of aliphatic imine (C=N–C) groups is 1. The van der Waals surface area contributed by atoms with Crippen molar-refractivity contribution in [2.75, 3.05) is 0 Å². The predicted molar refractivity (Wildman–Crippen MR) is 98.6 cm³/mol. The molecule has 1 heterocycles. The summed E-state index contributed by atoms with van der Waals surface area (Å²) >= 11 is 12.1. The fraction of sp³-hybridized carbons (Fsp3) is 0.412. The smallest absolute Gasteiger partial charge is 0.189 e. The average molecular weight is 369 g/mol. The van der Waals surface area contributed by atoms with Gasteiger partial charge in [-0.3, -0.25) is 0 Å². The molecule has 0 spiro atoms. The van der Waals surface area contributed by atoms with Gasteiger partial charge in [-0.25, -0.2) is 4.99 Å². The Labute approximate surface area is 152 Å². The monoisotopic (exact) mass is 368 g/mol. The van der Waals surface area contributed by atoms with Gasteiger partial charge in [0.2, 0.25) is 0 Å². The molecule has 0 saturated carbocycles. The summed E-state index contributed by atoms with van der Waals surface area (Å²) in [5.41, 5.74) is 8.86. The molecule has 1 atom stereocenters. The van der Waals surface area contributed by atoms with Crippen LogP contribution in [0.3, 0.4) is 0 Å². The van der Waals surface area contributed by atoms with E-state index in [1.54, 1.807) is 12.1 Å². The molecule has 2 aromatic rings. The van der Waals surface area contributed by atoms with Crippen LogP contribution in [0.1, 0.15) is 49.4 Å². The second kappa shape index (κ2) is 8.40. The summed E-state index contributed by atoms with van der Waals surface area (Å²) in [7, 11) is 0. The van der Waals surface area contributed by atoms with Crippen molar-refractivity contribution >= 4 is 29.2 Å². The van der Waals surface area contributed by atoms with E-state index in [4.69, 9.17) is 33.5 Å². The molecule has 7 heteroatoms. The fourth-order valence-electron chi connectivity index (χ4n) is 2.48. The number of nitrogens with one attached hydrogen (secondary N) is 1. The summed E-state index contributed by atoms with van der Waals surface area (Å²) in [5.74, 6) is 1.20. The molecule has 0 fully saturated rings. The van der Waals surface area contributed by atoms with Crippen molar-refractivity contribution < 1.29 is 4.52 Å². The van der Waals surface area contributed by atoms with Crippen LogP contribution in [0.5, 0.6) is 0 Å². The van der Waals surface area contributed by atoms with Crippen molar-refractivity contribution in [2.24, 2.45) is 10.7 Å². The number of guanidine groups is 1. The summed E-state index contributed by atoms with van der Waals surface area (Å²) in [6.45, 7) is 6.47. The summed E-state index contributed by atoms with van der Waals surface area (Å²) in [4.78, 5) is 4.41. The Kier molecular flexibility index (Phi) is 6.52. The Balaban J connectivity index is 2.07. The molecule has 3 N–H and O–H groups in total. The summed E-state index contributed by atoms with van der Waals surface area (Å²) in [5, 5.41) is 8.41. The topological polar surface area (TPSA) is 76.4 Å². The zero-order valence-electron chi connectivity index (χ0n) is 14.1. The van der Waals surface area contributed by atoms with Gasteiger partial charge < -0.3 is 15.6 Å². The van der Waals surface area contributed by atoms with Crippen molar-refractivity contribution in [2.45, 2.75) is 46.2 Å². The number of nitrogens with zero attached hydrogens (tertiary/aromatic N) is 2. The van der Waals surface area contributed by atoms with Crippen molar-refractivity contribution in [1.29, 1.82) is 0 Å². The molecule has 0 bridgehead atoms. The first-order valence-electron chi connectivity index (χ1n) is 7.93. The Morgan fingerprint density at radius 3 is 2.71 bits per heavy atom. The second-order valence-electron chi connectivity index (χ2n) is 5.47. The van der Waals surface area contributed by atoms with E-state index in [1.807, 2.05) is 26.8 Å². The Morgan fingerprint density at radius 2 is 2.08 bits per heavy atom. The maximum absolute atomic E-state index is 6.22. The number of hydrogen-bond donors (Lipinski definition) is 2. The third-order valence-corrected chi connectivity index (χ3v) is 4.37. The van der Waals surface area contributed by atoms with Gasteiger partial charge in [-0.2, -0.15) is 0 Å². The van der Waals surface area contributed by atoms with Gasteiger partial charge in [0.15, 0.2) is 5.96 Å². The Bertz CT molecular complexity index is 706. The lowest BCUT2D eigenvalue weighted by Crippen LogP contribution is -2.34. The van der Waals surface area contributed by atoms with E-state index < -0.39 is 0 Å². The molecule has 0 radical (unpaired) electrons. The van der Waals surface area contributed by atoms with E-state index in [2.05, 4.69) is 15.5 Å². The van der Waals surface area contributed by atoms with Gasteiger partial charge in [0.05, 0.1) is 18.3 Å². The Morgan fingerprint density at radius 1 is 1.33 bits per heavy atom. The van der Waals surface area contributed by atoms with Crippen LogP contribution in [-0.4, -0.2) is 11.1 Å². The van der Waals surface area contributed by atoms with E-state index in [-0.39, 0.29) is 6.04 Å². The highest BCUT2D eigenvalue weighted by Crippen LogP contribution is 2.26. The van der Waals surface area contributed by atoms with Crippen molar-refractivity contribution in [3.8, 4) is 0 Å². The zero-order valence-corrected chi connectivity index (χ0v) is 15.6. The SMILES string of the molecule is CCc1noc(CC)c1CN=C(N)NC(C)c1ccc(Cl)cc1Cl. The molecular weight excluding hydrogens is 347 g/mol. The maximum Gasteiger partial charge on any atom is 0.189 e. The lowest BCUT2D eigenvalue weighted by atomic mass is 10.1. The third kappa shape index (κ3) is 4.42. The molecule has 0 amide bonds. The van der Waals surface area contributed by atoms with E-state index >= 15 is 0 Å². The number of benzene rings is 1. The Hall–Kier alpha value is -1.72. The van der Waals surface area contributed by atoms with Gasteiger partial charge >= 0.3 is 0 Å². The van der Waals surface area contributed by atoms with Crippen LogP contribution in [0.2, 0.25) is 10.0 Å². The molecule has 1 unspecified atom stereocenters. The van der Waals surface area contributed by atoms with Crippen molar-refractivity contribution in [1.82, 2.24) is 10.5 Å². The number of halogens is 2. The zero-order chi connectivity index (χ0) is 17.7. The maximum atomic E-state index is 6.22. The first-order valence-corrected chi connectivity index (χ1v) is 8.69. The van der Waals surface area contributed by atoms with Crippen LogP contribution in [0, 0.1) is 0 Å². The van der Waals surface area contributed by atoms with Gasteiger partial charge in [-0.1, -0.05) is 48.3 Å². The molecule has 0 aliphatic rings. The molecule has 2 rings (SSSR count). The molecule has 1 aromatic heterocycles. The minimum atomic E-state index is -0.0858. The molecule has 130 valence electrons.